The van der Waals surface area contributed by atoms with E-state index in [4.69, 9.17) is 33.0 Å². The van der Waals surface area contributed by atoms with Gasteiger partial charge in [0.1, 0.15) is 33.5 Å². The normalized spacial score (nSPS) is 12.0. The Kier molecular flexibility index (Phi) is 12.3. The van der Waals surface area contributed by atoms with Crippen LogP contribution in [0.5, 0.6) is 0 Å². The molecule has 0 N–H and O–H groups in total. The van der Waals surface area contributed by atoms with E-state index in [1.165, 1.54) is 0 Å². The number of furan rings is 3. The van der Waals surface area contributed by atoms with Gasteiger partial charge in [-0.3, -0.25) is 0 Å². The number of para-hydroxylation sites is 3. The van der Waals surface area contributed by atoms with Crippen molar-refractivity contribution >= 4 is 137 Å². The molecule has 10 heteroatoms. The lowest BCUT2D eigenvalue weighted by Gasteiger charge is -2.26. The highest BCUT2D eigenvalue weighted by atomic mass is 16.3. The van der Waals surface area contributed by atoms with Gasteiger partial charge in [-0.15, -0.1) is 0 Å². The fourth-order valence-electron chi connectivity index (χ4n) is 16.5. The van der Waals surface area contributed by atoms with Crippen molar-refractivity contribution in [2.24, 2.45) is 0 Å². The minimum absolute atomic E-state index is 0.338. The largest absolute Gasteiger partial charge is 0.455 e. The second-order valence-electron chi connectivity index (χ2n) is 26.7. The molecule has 0 spiro atoms. The van der Waals surface area contributed by atoms with Crippen LogP contribution in [0.3, 0.4) is 0 Å². The van der Waals surface area contributed by atoms with Crippen molar-refractivity contribution in [3.63, 3.8) is 0 Å². The van der Waals surface area contributed by atoms with E-state index in [0.717, 1.165) is 176 Å². The summed E-state index contributed by atoms with van der Waals surface area (Å²) in [5, 5.41) is 11.6. The molecule has 0 unspecified atom stereocenters. The summed E-state index contributed by atoms with van der Waals surface area (Å²) in [4.78, 5) is 21.5. The van der Waals surface area contributed by atoms with Gasteiger partial charge in [0, 0.05) is 65.2 Å². The molecule has 22 rings (SSSR count). The fraction of sp³-hybridized carbons (Fsp3) is 0. The summed E-state index contributed by atoms with van der Waals surface area (Å²) in [5.41, 5.74) is 20.5. The molecule has 0 saturated carbocycles. The number of fused-ring (bicyclic) bond motifs is 21. The molecule has 0 fully saturated rings. The summed E-state index contributed by atoms with van der Waals surface area (Å²) >= 11 is 0. The van der Waals surface area contributed by atoms with Crippen molar-refractivity contribution in [1.82, 2.24) is 28.7 Å². The monoisotopic (exact) mass is 1330 g/mol. The van der Waals surface area contributed by atoms with E-state index in [0.29, 0.717) is 45.8 Å². The summed E-state index contributed by atoms with van der Waals surface area (Å²) in [7, 11) is 0. The number of hydrogen-bond acceptors (Lipinski definition) is 6. The van der Waals surface area contributed by atoms with E-state index < -0.39 is 0 Å². The first-order chi connectivity index (χ1) is 51.5. The number of aromatic nitrogens is 6. The van der Waals surface area contributed by atoms with Crippen LogP contribution in [0, 0.1) is 6.57 Å². The standard InChI is InChI=1S/C94H53N7O3/c1-95-73-54-72(94-97-92(58-29-13-5-14-30-58)96-93(98-94)59-31-15-6-16-32-59)86(99-74-45-39-60(55-23-7-2-8-24-55)51-69(74)83-77(99)48-42-66-63-33-17-20-36-80(63)102-89(66)83)88(101-76-47-41-62(57-27-11-4-12-28-57)53-71(76)85-79(101)50-44-68-65-35-19-22-38-82(65)104-91(68)85)87(73)100-75-46-40-61(56-25-9-3-10-26-56)52-70(75)84-78(100)49-43-67-64-34-18-21-37-81(64)103-90(67)84/h2-54H. The van der Waals surface area contributed by atoms with Crippen molar-refractivity contribution in [1.29, 1.82) is 0 Å². The molecule has 0 atom stereocenters. The van der Waals surface area contributed by atoms with Gasteiger partial charge in [-0.25, -0.2) is 19.8 Å². The first-order valence-corrected chi connectivity index (χ1v) is 34.8. The Bertz CT molecular complexity index is 7340. The molecule has 0 aliphatic rings. The smallest absolute Gasteiger partial charge is 0.213 e. The van der Waals surface area contributed by atoms with Gasteiger partial charge < -0.3 is 27.0 Å². The SMILES string of the molecule is [C-]#[N+]c1cc(-c2nc(-c3ccccc3)nc(-c3ccccc3)n2)c(-n2c3ccc(-c4ccccc4)cc3c3c4oc5ccccc5c4ccc32)c(-n2c3ccc(-c4ccccc4)cc3c3c4oc5ccccc5c4ccc32)c1-n1c2ccc(-c3ccccc3)cc2c2c3oc4ccccc4c3ccc21. The van der Waals surface area contributed by atoms with Crippen molar-refractivity contribution in [2.75, 3.05) is 0 Å². The number of rotatable bonds is 9. The van der Waals surface area contributed by atoms with Gasteiger partial charge in [0.05, 0.1) is 72.9 Å². The Labute approximate surface area is 592 Å². The van der Waals surface area contributed by atoms with Gasteiger partial charge in [0.25, 0.3) is 0 Å². The van der Waals surface area contributed by atoms with Crippen LogP contribution in [0.2, 0.25) is 0 Å². The second-order valence-corrected chi connectivity index (χ2v) is 26.7. The summed E-state index contributed by atoms with van der Waals surface area (Å²) in [6, 6.07) is 112. The molecule has 482 valence electrons. The maximum absolute atomic E-state index is 10.1. The zero-order valence-corrected chi connectivity index (χ0v) is 55.5. The Balaban J connectivity index is 1.00. The molecule has 0 saturated heterocycles. The Morgan fingerprint density at radius 2 is 0.548 bits per heavy atom. The molecule has 0 aliphatic carbocycles. The minimum atomic E-state index is 0.338. The topological polar surface area (TPSA) is 97.2 Å². The van der Waals surface area contributed by atoms with Gasteiger partial charge in [-0.2, -0.15) is 0 Å². The maximum Gasteiger partial charge on any atom is 0.213 e. The summed E-state index contributed by atoms with van der Waals surface area (Å²) in [6.45, 7) is 10.1. The third kappa shape index (κ3) is 8.46. The molecule has 0 radical (unpaired) electrons. The van der Waals surface area contributed by atoms with E-state index in [1.54, 1.807) is 0 Å². The quantitative estimate of drug-likeness (QED) is 0.134. The highest BCUT2D eigenvalue weighted by Gasteiger charge is 2.34. The van der Waals surface area contributed by atoms with Crippen LogP contribution in [0.15, 0.2) is 335 Å². The van der Waals surface area contributed by atoms with Gasteiger partial charge in [-0.05, 0) is 130 Å². The van der Waals surface area contributed by atoms with Crippen LogP contribution >= 0.6 is 0 Å². The molecule has 7 aromatic heterocycles. The predicted octanol–water partition coefficient (Wildman–Crippen LogP) is 25.4. The number of benzene rings is 15. The van der Waals surface area contributed by atoms with Crippen molar-refractivity contribution in [3.05, 3.63) is 333 Å². The zero-order valence-electron chi connectivity index (χ0n) is 55.5. The van der Waals surface area contributed by atoms with Crippen LogP contribution in [0.1, 0.15) is 0 Å². The minimum Gasteiger partial charge on any atom is -0.455 e. The molecule has 15 aromatic carbocycles. The van der Waals surface area contributed by atoms with Gasteiger partial charge >= 0.3 is 0 Å². The summed E-state index contributed by atoms with van der Waals surface area (Å²) < 4.78 is 28.8. The van der Waals surface area contributed by atoms with Gasteiger partial charge in [0.15, 0.2) is 17.5 Å². The Hall–Kier alpha value is -14.4. The second kappa shape index (κ2) is 22.3. The van der Waals surface area contributed by atoms with E-state index in [-0.39, 0.29) is 0 Å². The molecule has 10 nitrogen and oxygen atoms in total. The predicted molar refractivity (Wildman–Crippen MR) is 424 cm³/mol. The molecule has 0 aliphatic heterocycles. The van der Waals surface area contributed by atoms with Crippen molar-refractivity contribution in [2.45, 2.75) is 0 Å². The molecular weight excluding hydrogens is 1280 g/mol. The lowest BCUT2D eigenvalue weighted by atomic mass is 10.0. The molecule has 22 aromatic rings. The van der Waals surface area contributed by atoms with Crippen molar-refractivity contribution in [3.8, 4) is 84.6 Å². The maximum atomic E-state index is 10.1. The lowest BCUT2D eigenvalue weighted by Crippen LogP contribution is -2.12. The fourth-order valence-corrected chi connectivity index (χ4v) is 16.5. The van der Waals surface area contributed by atoms with Crippen LogP contribution in [-0.2, 0) is 0 Å². The molecular formula is C94H53N7O3. The third-order valence-electron chi connectivity index (χ3n) is 21.1. The van der Waals surface area contributed by atoms with Crippen LogP contribution in [-0.4, -0.2) is 28.7 Å². The van der Waals surface area contributed by atoms with E-state index in [9.17, 15) is 6.57 Å². The molecule has 0 bridgehead atoms. The van der Waals surface area contributed by atoms with E-state index in [1.807, 2.05) is 91.0 Å². The first kappa shape index (κ1) is 57.5. The highest BCUT2D eigenvalue weighted by Crippen LogP contribution is 2.54. The average Bonchev–Trinajstić information content (AvgIpc) is 1.50. The number of nitrogens with zero attached hydrogens (tertiary/aromatic N) is 7. The highest BCUT2D eigenvalue weighted by molar-refractivity contribution is 6.28. The van der Waals surface area contributed by atoms with Crippen LogP contribution in [0.4, 0.5) is 5.69 Å². The van der Waals surface area contributed by atoms with E-state index in [2.05, 4.69) is 244 Å². The van der Waals surface area contributed by atoms with Gasteiger partial charge in [-0.1, -0.05) is 224 Å². The van der Waals surface area contributed by atoms with Crippen LogP contribution in [0.25, 0.3) is 221 Å². The number of hydrogen-bond donors (Lipinski definition) is 0. The van der Waals surface area contributed by atoms with Crippen LogP contribution < -0.4 is 0 Å². The third-order valence-corrected chi connectivity index (χ3v) is 21.1. The van der Waals surface area contributed by atoms with Gasteiger partial charge in [0.2, 0.25) is 5.69 Å². The van der Waals surface area contributed by atoms with E-state index >= 15 is 0 Å². The Morgan fingerprint density at radius 1 is 0.240 bits per heavy atom. The first-order valence-electron chi connectivity index (χ1n) is 34.8. The molecule has 0 amide bonds. The summed E-state index contributed by atoms with van der Waals surface area (Å²) in [6.07, 6.45) is 0. The lowest BCUT2D eigenvalue weighted by molar-refractivity contribution is 0.672. The average molecular weight is 1330 g/mol. The van der Waals surface area contributed by atoms with Crippen molar-refractivity contribution < 1.29 is 13.3 Å². The summed E-state index contributed by atoms with van der Waals surface area (Å²) in [5.74, 6) is 1.30. The molecule has 7 heterocycles. The zero-order chi connectivity index (χ0) is 68.3. The molecule has 104 heavy (non-hydrogen) atoms. The Morgan fingerprint density at radius 3 is 0.913 bits per heavy atom.